The summed E-state index contributed by atoms with van der Waals surface area (Å²) in [5, 5.41) is 4.12. The van der Waals surface area contributed by atoms with Crippen LogP contribution >= 0.6 is 0 Å². The highest BCUT2D eigenvalue weighted by Crippen LogP contribution is 2.16. The number of rotatable bonds is 7. The van der Waals surface area contributed by atoms with Crippen molar-refractivity contribution in [1.82, 2.24) is 14.7 Å². The summed E-state index contributed by atoms with van der Waals surface area (Å²) in [5.74, 6) is 0.714. The Morgan fingerprint density at radius 2 is 1.96 bits per heavy atom. The largest absolute Gasteiger partial charge is 0.489 e. The van der Waals surface area contributed by atoms with Crippen molar-refractivity contribution >= 4 is 12.0 Å². The zero-order valence-corrected chi connectivity index (χ0v) is 15.6. The predicted molar refractivity (Wildman–Crippen MR) is 106 cm³/mol. The Hall–Kier alpha value is -3.34. The van der Waals surface area contributed by atoms with Crippen molar-refractivity contribution in [3.05, 3.63) is 89.8 Å². The van der Waals surface area contributed by atoms with Crippen LogP contribution in [0.4, 0.5) is 0 Å². The molecule has 0 atom stereocenters. The lowest BCUT2D eigenvalue weighted by molar-refractivity contribution is -0.125. The van der Waals surface area contributed by atoms with Gasteiger partial charge in [-0.3, -0.25) is 9.48 Å². The zero-order valence-electron chi connectivity index (χ0n) is 15.6. The highest BCUT2D eigenvalue weighted by Gasteiger charge is 2.07. The van der Waals surface area contributed by atoms with Gasteiger partial charge < -0.3 is 9.64 Å². The summed E-state index contributed by atoms with van der Waals surface area (Å²) in [6, 6.07) is 17.7. The number of hydrogen-bond donors (Lipinski definition) is 0. The minimum atomic E-state index is -0.0607. The van der Waals surface area contributed by atoms with Crippen LogP contribution in [0.25, 0.3) is 6.08 Å². The third kappa shape index (κ3) is 5.57. The maximum absolute atomic E-state index is 12.3. The quantitative estimate of drug-likeness (QED) is 0.603. The van der Waals surface area contributed by atoms with Crippen molar-refractivity contribution in [1.29, 1.82) is 0 Å². The van der Waals surface area contributed by atoms with E-state index >= 15 is 0 Å². The maximum atomic E-state index is 12.3. The van der Waals surface area contributed by atoms with Gasteiger partial charge in [-0.05, 0) is 29.3 Å². The lowest BCUT2D eigenvalue weighted by Crippen LogP contribution is -2.23. The Balaban J connectivity index is 1.57. The molecule has 1 amide bonds. The molecule has 3 aromatic rings. The maximum Gasteiger partial charge on any atom is 0.246 e. The normalized spacial score (nSPS) is 10.9. The molecular weight excluding hydrogens is 338 g/mol. The first-order chi connectivity index (χ1) is 13.1. The molecule has 5 heteroatoms. The number of hydrogen-bond acceptors (Lipinski definition) is 3. The van der Waals surface area contributed by atoms with Gasteiger partial charge in [0.05, 0.1) is 6.20 Å². The van der Waals surface area contributed by atoms with Gasteiger partial charge in [0.15, 0.2) is 0 Å². The number of carbonyl (C=O) groups excluding carboxylic acids is 1. The van der Waals surface area contributed by atoms with E-state index in [9.17, 15) is 4.79 Å². The first kappa shape index (κ1) is 18.5. The lowest BCUT2D eigenvalue weighted by Gasteiger charge is -2.13. The molecule has 2 aromatic carbocycles. The number of amides is 1. The number of benzene rings is 2. The van der Waals surface area contributed by atoms with Crippen molar-refractivity contribution in [3.63, 3.8) is 0 Å². The summed E-state index contributed by atoms with van der Waals surface area (Å²) in [5.41, 5.74) is 3.03. The fourth-order valence-corrected chi connectivity index (χ4v) is 2.65. The molecule has 1 heterocycles. The summed E-state index contributed by atoms with van der Waals surface area (Å²) in [4.78, 5) is 14.0. The average Bonchev–Trinajstić information content (AvgIpc) is 3.10. The molecule has 5 nitrogen and oxygen atoms in total. The summed E-state index contributed by atoms with van der Waals surface area (Å²) in [6.07, 6.45) is 7.05. The van der Waals surface area contributed by atoms with Gasteiger partial charge in [-0.2, -0.15) is 5.10 Å². The standard InChI is InChI=1S/C22H23N3O2/c1-24(15-20-14-23-25(2)16-20)22(26)12-11-18-9-6-10-21(13-18)27-17-19-7-4-3-5-8-19/h3-14,16H,15,17H2,1-2H3/b12-11+. The Labute approximate surface area is 159 Å². The van der Waals surface area contributed by atoms with Crippen molar-refractivity contribution in [3.8, 4) is 5.75 Å². The molecule has 0 spiro atoms. The Morgan fingerprint density at radius 3 is 2.70 bits per heavy atom. The van der Waals surface area contributed by atoms with E-state index in [0.717, 1.165) is 22.4 Å². The van der Waals surface area contributed by atoms with Gasteiger partial charge in [0, 0.05) is 38.5 Å². The van der Waals surface area contributed by atoms with Gasteiger partial charge in [-0.15, -0.1) is 0 Å². The van der Waals surface area contributed by atoms with Crippen LogP contribution in [0.1, 0.15) is 16.7 Å². The van der Waals surface area contributed by atoms with Crippen molar-refractivity contribution in [2.24, 2.45) is 7.05 Å². The monoisotopic (exact) mass is 361 g/mol. The fourth-order valence-electron chi connectivity index (χ4n) is 2.65. The molecule has 0 aliphatic carbocycles. The van der Waals surface area contributed by atoms with E-state index < -0.39 is 0 Å². The molecule has 3 rings (SSSR count). The first-order valence-electron chi connectivity index (χ1n) is 8.77. The minimum absolute atomic E-state index is 0.0607. The lowest BCUT2D eigenvalue weighted by atomic mass is 10.2. The van der Waals surface area contributed by atoms with Crippen LogP contribution in [0.3, 0.4) is 0 Å². The molecule has 0 saturated carbocycles. The highest BCUT2D eigenvalue weighted by atomic mass is 16.5. The summed E-state index contributed by atoms with van der Waals surface area (Å²) >= 11 is 0. The average molecular weight is 361 g/mol. The topological polar surface area (TPSA) is 47.4 Å². The number of carbonyl (C=O) groups is 1. The number of aryl methyl sites for hydroxylation is 1. The Kier molecular flexibility index (Phi) is 6.05. The Bertz CT molecular complexity index is 916. The molecule has 0 N–H and O–H groups in total. The molecule has 0 bridgehead atoms. The van der Waals surface area contributed by atoms with Crippen molar-refractivity contribution in [2.45, 2.75) is 13.2 Å². The molecule has 0 aliphatic rings. The summed E-state index contributed by atoms with van der Waals surface area (Å²) in [7, 11) is 3.64. The van der Waals surface area contributed by atoms with Crippen LogP contribution in [0, 0.1) is 0 Å². The second kappa shape index (κ2) is 8.85. The molecule has 0 saturated heterocycles. The smallest absolute Gasteiger partial charge is 0.246 e. The van der Waals surface area contributed by atoms with Gasteiger partial charge in [0.25, 0.3) is 0 Å². The van der Waals surface area contributed by atoms with E-state index in [0.29, 0.717) is 13.2 Å². The van der Waals surface area contributed by atoms with E-state index in [1.165, 1.54) is 0 Å². The third-order valence-electron chi connectivity index (χ3n) is 4.08. The summed E-state index contributed by atoms with van der Waals surface area (Å²) < 4.78 is 7.56. The molecule has 0 aliphatic heterocycles. The molecule has 1 aromatic heterocycles. The van der Waals surface area contributed by atoms with Crippen molar-refractivity contribution in [2.75, 3.05) is 7.05 Å². The molecule has 0 radical (unpaired) electrons. The minimum Gasteiger partial charge on any atom is -0.489 e. The highest BCUT2D eigenvalue weighted by molar-refractivity contribution is 5.91. The first-order valence-corrected chi connectivity index (χ1v) is 8.77. The van der Waals surface area contributed by atoms with Crippen LogP contribution < -0.4 is 4.74 Å². The molecule has 138 valence electrons. The van der Waals surface area contributed by atoms with Gasteiger partial charge in [-0.1, -0.05) is 42.5 Å². The van der Waals surface area contributed by atoms with E-state index in [1.54, 1.807) is 35.0 Å². The molecular formula is C22H23N3O2. The van der Waals surface area contributed by atoms with E-state index in [1.807, 2.05) is 67.8 Å². The zero-order chi connectivity index (χ0) is 19.1. The van der Waals surface area contributed by atoms with E-state index in [4.69, 9.17) is 4.74 Å². The molecule has 0 unspecified atom stereocenters. The second-order valence-electron chi connectivity index (χ2n) is 6.40. The number of aromatic nitrogens is 2. The van der Waals surface area contributed by atoms with Crippen LogP contribution in [0.5, 0.6) is 5.75 Å². The van der Waals surface area contributed by atoms with Crippen LogP contribution in [0.2, 0.25) is 0 Å². The van der Waals surface area contributed by atoms with Gasteiger partial charge in [0.2, 0.25) is 5.91 Å². The van der Waals surface area contributed by atoms with Gasteiger partial charge in [-0.25, -0.2) is 0 Å². The second-order valence-corrected chi connectivity index (χ2v) is 6.40. The molecule has 27 heavy (non-hydrogen) atoms. The number of likely N-dealkylation sites (N-methyl/N-ethyl adjacent to an activating group) is 1. The van der Waals surface area contributed by atoms with E-state index in [-0.39, 0.29) is 5.91 Å². The Morgan fingerprint density at radius 1 is 1.15 bits per heavy atom. The fraction of sp³-hybridized carbons (Fsp3) is 0.182. The van der Waals surface area contributed by atoms with Crippen LogP contribution in [0.15, 0.2) is 73.1 Å². The molecule has 0 fully saturated rings. The van der Waals surface area contributed by atoms with Crippen LogP contribution in [-0.2, 0) is 25.0 Å². The van der Waals surface area contributed by atoms with E-state index in [2.05, 4.69) is 5.10 Å². The van der Waals surface area contributed by atoms with Crippen molar-refractivity contribution < 1.29 is 9.53 Å². The third-order valence-corrected chi connectivity index (χ3v) is 4.08. The number of nitrogens with zero attached hydrogens (tertiary/aromatic N) is 3. The van der Waals surface area contributed by atoms with Gasteiger partial charge in [0.1, 0.15) is 12.4 Å². The van der Waals surface area contributed by atoms with Gasteiger partial charge >= 0.3 is 0 Å². The number of ether oxygens (including phenoxy) is 1. The predicted octanol–water partition coefficient (Wildman–Crippen LogP) is 3.67. The van der Waals surface area contributed by atoms with Crippen LogP contribution in [-0.4, -0.2) is 27.6 Å². The SMILES string of the molecule is CN(Cc1cnn(C)c1)C(=O)/C=C/c1cccc(OCc2ccccc2)c1. The summed E-state index contributed by atoms with van der Waals surface area (Å²) in [6.45, 7) is 1.04.